The summed E-state index contributed by atoms with van der Waals surface area (Å²) in [7, 11) is 1.67. The summed E-state index contributed by atoms with van der Waals surface area (Å²) >= 11 is 5.88. The minimum atomic E-state index is -0.561. The molecule has 0 aliphatic heterocycles. The first-order valence-corrected chi connectivity index (χ1v) is 9.70. The normalized spacial score (nSPS) is 11.0. The van der Waals surface area contributed by atoms with Crippen molar-refractivity contribution in [3.8, 4) is 0 Å². The third-order valence-corrected chi connectivity index (χ3v) is 5.15. The van der Waals surface area contributed by atoms with Gasteiger partial charge in [0.05, 0.1) is 17.6 Å². The SMILES string of the molecule is Cn1cc(C(=O)NCc2ccc(Cl)cc2)c2[nH]c(=O)n(Cc3ccccc3)c(=O)c21. The van der Waals surface area contributed by atoms with E-state index in [1.54, 1.807) is 29.9 Å². The Balaban J connectivity index is 1.67. The lowest BCUT2D eigenvalue weighted by Crippen LogP contribution is -2.36. The molecule has 0 aliphatic carbocycles. The van der Waals surface area contributed by atoms with Crippen molar-refractivity contribution in [2.24, 2.45) is 7.05 Å². The van der Waals surface area contributed by atoms with Gasteiger partial charge in [-0.05, 0) is 23.3 Å². The van der Waals surface area contributed by atoms with Crippen molar-refractivity contribution in [2.45, 2.75) is 13.1 Å². The number of nitrogens with zero attached hydrogens (tertiary/aromatic N) is 2. The highest BCUT2D eigenvalue weighted by atomic mass is 35.5. The largest absolute Gasteiger partial charge is 0.348 e. The van der Waals surface area contributed by atoms with Crippen LogP contribution in [-0.4, -0.2) is 20.0 Å². The van der Waals surface area contributed by atoms with Gasteiger partial charge in [-0.15, -0.1) is 0 Å². The van der Waals surface area contributed by atoms with Crippen LogP contribution in [0.15, 0.2) is 70.4 Å². The highest BCUT2D eigenvalue weighted by Gasteiger charge is 2.19. The number of aryl methyl sites for hydroxylation is 1. The van der Waals surface area contributed by atoms with Crippen LogP contribution in [0.2, 0.25) is 5.02 Å². The van der Waals surface area contributed by atoms with Crippen LogP contribution >= 0.6 is 11.6 Å². The fourth-order valence-corrected chi connectivity index (χ4v) is 3.49. The Bertz CT molecular complexity index is 1340. The first kappa shape index (κ1) is 19.7. The summed E-state index contributed by atoms with van der Waals surface area (Å²) in [6, 6.07) is 16.4. The minimum Gasteiger partial charge on any atom is -0.348 e. The number of fused-ring (bicyclic) bond motifs is 1. The van der Waals surface area contributed by atoms with Gasteiger partial charge in [0.25, 0.3) is 11.5 Å². The number of H-pyrrole nitrogens is 1. The Labute approximate surface area is 176 Å². The molecule has 2 aromatic heterocycles. The first-order chi connectivity index (χ1) is 14.4. The van der Waals surface area contributed by atoms with Crippen molar-refractivity contribution in [2.75, 3.05) is 0 Å². The predicted octanol–water partition coefficient (Wildman–Crippen LogP) is 2.66. The van der Waals surface area contributed by atoms with E-state index in [0.29, 0.717) is 11.6 Å². The molecule has 4 rings (SSSR count). The second-order valence-corrected chi connectivity index (χ2v) is 7.43. The molecule has 0 fully saturated rings. The van der Waals surface area contributed by atoms with Gasteiger partial charge < -0.3 is 14.9 Å². The van der Waals surface area contributed by atoms with Crippen molar-refractivity contribution < 1.29 is 4.79 Å². The Kier molecular flexibility index (Phi) is 5.29. The Morgan fingerprint density at radius 1 is 1.03 bits per heavy atom. The van der Waals surface area contributed by atoms with Crippen molar-refractivity contribution in [1.82, 2.24) is 19.4 Å². The van der Waals surface area contributed by atoms with Gasteiger partial charge in [-0.25, -0.2) is 4.79 Å². The molecule has 0 saturated heterocycles. The van der Waals surface area contributed by atoms with E-state index in [9.17, 15) is 14.4 Å². The third-order valence-electron chi connectivity index (χ3n) is 4.90. The maximum atomic E-state index is 13.0. The smallest absolute Gasteiger partial charge is 0.329 e. The molecule has 2 N–H and O–H groups in total. The third kappa shape index (κ3) is 3.79. The molecule has 0 unspecified atom stereocenters. The zero-order chi connectivity index (χ0) is 21.3. The number of halogens is 1. The second kappa shape index (κ2) is 8.04. The highest BCUT2D eigenvalue weighted by molar-refractivity contribution is 6.30. The van der Waals surface area contributed by atoms with Crippen LogP contribution in [0, 0.1) is 0 Å². The standard InChI is InChI=1S/C22H19ClN4O3/c1-26-13-17(20(28)24-11-14-7-9-16(23)10-8-14)18-19(26)21(29)27(22(30)25-18)12-15-5-3-2-4-6-15/h2-10,13H,11-12H2,1H3,(H,24,28)(H,25,30). The number of amides is 1. The lowest BCUT2D eigenvalue weighted by atomic mass is 10.2. The van der Waals surface area contributed by atoms with E-state index in [-0.39, 0.29) is 29.0 Å². The molecule has 8 heteroatoms. The van der Waals surface area contributed by atoms with Gasteiger partial charge >= 0.3 is 5.69 Å². The van der Waals surface area contributed by atoms with Gasteiger partial charge in [0.2, 0.25) is 0 Å². The van der Waals surface area contributed by atoms with Crippen LogP contribution in [-0.2, 0) is 20.1 Å². The summed E-state index contributed by atoms with van der Waals surface area (Å²) in [6.07, 6.45) is 1.55. The molecular formula is C22H19ClN4O3. The maximum Gasteiger partial charge on any atom is 0.329 e. The molecule has 4 aromatic rings. The number of benzene rings is 2. The van der Waals surface area contributed by atoms with Gasteiger partial charge in [0.15, 0.2) is 0 Å². The van der Waals surface area contributed by atoms with Gasteiger partial charge in [-0.1, -0.05) is 54.1 Å². The molecule has 2 heterocycles. The highest BCUT2D eigenvalue weighted by Crippen LogP contribution is 2.15. The molecule has 152 valence electrons. The summed E-state index contributed by atoms with van der Waals surface area (Å²) in [5, 5.41) is 3.42. The molecule has 0 atom stereocenters. The van der Waals surface area contributed by atoms with Crippen molar-refractivity contribution >= 4 is 28.5 Å². The van der Waals surface area contributed by atoms with Crippen molar-refractivity contribution in [1.29, 1.82) is 0 Å². The molecule has 0 aliphatic rings. The van der Waals surface area contributed by atoms with E-state index in [2.05, 4.69) is 10.3 Å². The Hall–Kier alpha value is -3.58. The average Bonchev–Trinajstić information content (AvgIpc) is 3.07. The van der Waals surface area contributed by atoms with E-state index < -0.39 is 11.2 Å². The van der Waals surface area contributed by atoms with E-state index in [0.717, 1.165) is 15.7 Å². The molecule has 7 nitrogen and oxygen atoms in total. The maximum absolute atomic E-state index is 13.0. The lowest BCUT2D eigenvalue weighted by molar-refractivity contribution is 0.0952. The van der Waals surface area contributed by atoms with Gasteiger partial charge in [0.1, 0.15) is 5.52 Å². The molecule has 30 heavy (non-hydrogen) atoms. The predicted molar refractivity (Wildman–Crippen MR) is 116 cm³/mol. The van der Waals surface area contributed by atoms with E-state index in [4.69, 9.17) is 11.6 Å². The quantitative estimate of drug-likeness (QED) is 0.518. The van der Waals surface area contributed by atoms with E-state index in [1.807, 2.05) is 42.5 Å². The molecule has 1 amide bonds. The monoisotopic (exact) mass is 422 g/mol. The average molecular weight is 423 g/mol. The molecular weight excluding hydrogens is 404 g/mol. The summed E-state index contributed by atoms with van der Waals surface area (Å²) in [5.41, 5.74) is 1.44. The molecule has 0 saturated carbocycles. The zero-order valence-corrected chi connectivity index (χ0v) is 16.9. The second-order valence-electron chi connectivity index (χ2n) is 6.99. The number of hydrogen-bond acceptors (Lipinski definition) is 3. The topological polar surface area (TPSA) is 88.9 Å². The number of aromatic amines is 1. The summed E-state index contributed by atoms with van der Waals surface area (Å²) in [6.45, 7) is 0.440. The van der Waals surface area contributed by atoms with Crippen LogP contribution in [0.1, 0.15) is 21.5 Å². The number of carbonyl (C=O) groups excluding carboxylic acids is 1. The zero-order valence-electron chi connectivity index (χ0n) is 16.2. The van der Waals surface area contributed by atoms with Crippen LogP contribution in [0.3, 0.4) is 0 Å². The Morgan fingerprint density at radius 2 is 1.73 bits per heavy atom. The lowest BCUT2D eigenvalue weighted by Gasteiger charge is -2.07. The number of rotatable bonds is 5. The number of aromatic nitrogens is 3. The van der Waals surface area contributed by atoms with Crippen LogP contribution in [0.5, 0.6) is 0 Å². The van der Waals surface area contributed by atoms with Crippen molar-refractivity contribution in [3.63, 3.8) is 0 Å². The number of carbonyl (C=O) groups is 1. The van der Waals surface area contributed by atoms with Crippen LogP contribution < -0.4 is 16.6 Å². The van der Waals surface area contributed by atoms with Crippen LogP contribution in [0.4, 0.5) is 0 Å². The van der Waals surface area contributed by atoms with E-state index in [1.165, 1.54) is 0 Å². The summed E-state index contributed by atoms with van der Waals surface area (Å²) in [5.74, 6) is -0.383. The van der Waals surface area contributed by atoms with Gasteiger partial charge in [-0.3, -0.25) is 14.2 Å². The molecule has 2 aromatic carbocycles. The van der Waals surface area contributed by atoms with Crippen LogP contribution in [0.25, 0.3) is 11.0 Å². The summed E-state index contributed by atoms with van der Waals surface area (Å²) in [4.78, 5) is 41.0. The molecule has 0 bridgehead atoms. The number of hydrogen-bond donors (Lipinski definition) is 2. The number of nitrogens with one attached hydrogen (secondary N) is 2. The molecule has 0 radical (unpaired) electrons. The summed E-state index contributed by atoms with van der Waals surface area (Å²) < 4.78 is 2.69. The Morgan fingerprint density at radius 3 is 2.43 bits per heavy atom. The molecule has 0 spiro atoms. The first-order valence-electron chi connectivity index (χ1n) is 9.33. The van der Waals surface area contributed by atoms with Gasteiger partial charge in [-0.2, -0.15) is 0 Å². The fraction of sp³-hybridized carbons (Fsp3) is 0.136. The fourth-order valence-electron chi connectivity index (χ4n) is 3.37. The minimum absolute atomic E-state index is 0.147. The van der Waals surface area contributed by atoms with Gasteiger partial charge in [0, 0.05) is 24.8 Å². The van der Waals surface area contributed by atoms with Crippen molar-refractivity contribution in [3.05, 3.63) is 103 Å². The van der Waals surface area contributed by atoms with E-state index >= 15 is 0 Å².